The van der Waals surface area contributed by atoms with Crippen LogP contribution in [0.25, 0.3) is 0 Å². The van der Waals surface area contributed by atoms with Gasteiger partial charge < -0.3 is 10.5 Å². The highest BCUT2D eigenvalue weighted by Crippen LogP contribution is 2.25. The van der Waals surface area contributed by atoms with Crippen LogP contribution < -0.4 is 5.73 Å². The van der Waals surface area contributed by atoms with Crippen molar-refractivity contribution < 1.29 is 9.53 Å². The summed E-state index contributed by atoms with van der Waals surface area (Å²) in [5, 5.41) is 0. The third-order valence-corrected chi connectivity index (χ3v) is 2.73. The van der Waals surface area contributed by atoms with Crippen LogP contribution in [0, 0.1) is 5.92 Å². The Morgan fingerprint density at radius 3 is 2.50 bits per heavy atom. The van der Waals surface area contributed by atoms with E-state index in [1.807, 2.05) is 18.2 Å². The molecule has 1 aromatic rings. The van der Waals surface area contributed by atoms with Gasteiger partial charge in [-0.3, -0.25) is 0 Å². The Kier molecular flexibility index (Phi) is 4.77. The molecule has 0 bridgehead atoms. The maximum atomic E-state index is 11.5. The summed E-state index contributed by atoms with van der Waals surface area (Å²) in [4.78, 5) is 11.5. The van der Waals surface area contributed by atoms with Gasteiger partial charge in [-0.05, 0) is 30.9 Å². The molecule has 0 saturated heterocycles. The van der Waals surface area contributed by atoms with E-state index < -0.39 is 0 Å². The molecule has 0 unspecified atom stereocenters. The average Bonchev–Trinajstić information content (AvgIpc) is 2.23. The molecule has 0 amide bonds. The van der Waals surface area contributed by atoms with Gasteiger partial charge in [0.1, 0.15) is 0 Å². The summed E-state index contributed by atoms with van der Waals surface area (Å²) in [6.45, 7) is 0.501. The van der Waals surface area contributed by atoms with Crippen molar-refractivity contribution in [3.8, 4) is 0 Å². The number of ether oxygens (including phenoxy) is 1. The van der Waals surface area contributed by atoms with Crippen molar-refractivity contribution in [2.45, 2.75) is 18.9 Å². The van der Waals surface area contributed by atoms with Gasteiger partial charge >= 0.3 is 5.97 Å². The lowest BCUT2D eigenvalue weighted by molar-refractivity contribution is 0.0348. The van der Waals surface area contributed by atoms with Gasteiger partial charge in [0.2, 0.25) is 0 Å². The summed E-state index contributed by atoms with van der Waals surface area (Å²) in [5.41, 5.74) is 6.26. The van der Waals surface area contributed by atoms with Gasteiger partial charge in [-0.25, -0.2) is 4.79 Å². The van der Waals surface area contributed by atoms with Crippen molar-refractivity contribution in [1.29, 1.82) is 0 Å². The Labute approximate surface area is 101 Å². The zero-order valence-electron chi connectivity index (χ0n) is 8.96. The van der Waals surface area contributed by atoms with Gasteiger partial charge in [0.05, 0.1) is 12.2 Å². The van der Waals surface area contributed by atoms with Gasteiger partial charge in [0.25, 0.3) is 0 Å². The van der Waals surface area contributed by atoms with E-state index in [0.717, 1.165) is 12.8 Å². The smallest absolute Gasteiger partial charge is 0.338 e. The lowest BCUT2D eigenvalue weighted by Crippen LogP contribution is -2.38. The Hall–Kier alpha value is -1.06. The fourth-order valence-corrected chi connectivity index (χ4v) is 1.77. The van der Waals surface area contributed by atoms with E-state index in [1.165, 1.54) is 0 Å². The number of carbonyl (C=O) groups is 1. The van der Waals surface area contributed by atoms with Gasteiger partial charge in [0, 0.05) is 6.04 Å². The van der Waals surface area contributed by atoms with Crippen molar-refractivity contribution >= 4 is 18.4 Å². The van der Waals surface area contributed by atoms with E-state index in [4.69, 9.17) is 10.5 Å². The molecule has 1 aliphatic carbocycles. The lowest BCUT2D eigenvalue weighted by Gasteiger charge is -2.31. The second-order valence-corrected chi connectivity index (χ2v) is 4.06. The van der Waals surface area contributed by atoms with Gasteiger partial charge in [0.15, 0.2) is 0 Å². The summed E-state index contributed by atoms with van der Waals surface area (Å²) in [6, 6.07) is 9.36. The Balaban J connectivity index is 0.00000128. The summed E-state index contributed by atoms with van der Waals surface area (Å²) in [7, 11) is 0. The molecule has 0 spiro atoms. The maximum Gasteiger partial charge on any atom is 0.338 e. The van der Waals surface area contributed by atoms with Gasteiger partial charge in [-0.2, -0.15) is 0 Å². The molecule has 3 nitrogen and oxygen atoms in total. The second kappa shape index (κ2) is 5.87. The summed E-state index contributed by atoms with van der Waals surface area (Å²) >= 11 is 0. The highest BCUT2D eigenvalue weighted by Gasteiger charge is 2.26. The molecule has 2 rings (SSSR count). The third-order valence-electron chi connectivity index (χ3n) is 2.73. The molecule has 0 atom stereocenters. The molecule has 1 aromatic carbocycles. The van der Waals surface area contributed by atoms with E-state index >= 15 is 0 Å². The first-order valence-corrected chi connectivity index (χ1v) is 5.23. The molecule has 0 heterocycles. The molecule has 16 heavy (non-hydrogen) atoms. The van der Waals surface area contributed by atoms with Crippen LogP contribution >= 0.6 is 12.4 Å². The number of nitrogens with two attached hydrogens (primary N) is 1. The van der Waals surface area contributed by atoms with Crippen LogP contribution in [0.4, 0.5) is 0 Å². The molecule has 0 aromatic heterocycles. The van der Waals surface area contributed by atoms with E-state index in [9.17, 15) is 4.79 Å². The minimum Gasteiger partial charge on any atom is -0.462 e. The maximum absolute atomic E-state index is 11.5. The molecule has 0 aliphatic heterocycles. The van der Waals surface area contributed by atoms with Crippen LogP contribution in [0.1, 0.15) is 23.2 Å². The Morgan fingerprint density at radius 1 is 1.31 bits per heavy atom. The number of rotatable bonds is 3. The molecule has 1 fully saturated rings. The number of benzene rings is 1. The summed E-state index contributed by atoms with van der Waals surface area (Å²) < 4.78 is 5.19. The molecule has 1 saturated carbocycles. The van der Waals surface area contributed by atoms with Crippen molar-refractivity contribution in [2.75, 3.05) is 6.61 Å². The molecule has 1 aliphatic rings. The SMILES string of the molecule is Cl.N[C@H]1C[C@H](COC(=O)c2ccccc2)C1. The van der Waals surface area contributed by atoms with Crippen LogP contribution in [0.2, 0.25) is 0 Å². The minimum absolute atomic E-state index is 0. The second-order valence-electron chi connectivity index (χ2n) is 4.06. The monoisotopic (exact) mass is 241 g/mol. The highest BCUT2D eigenvalue weighted by atomic mass is 35.5. The predicted octanol–water partition coefficient (Wildman–Crippen LogP) is 2.00. The van der Waals surface area contributed by atoms with Crippen molar-refractivity contribution in [1.82, 2.24) is 0 Å². The number of halogens is 1. The van der Waals surface area contributed by atoms with Gasteiger partial charge in [-0.15, -0.1) is 12.4 Å². The first kappa shape index (κ1) is 13.0. The van der Waals surface area contributed by atoms with E-state index in [1.54, 1.807) is 12.1 Å². The Morgan fingerprint density at radius 2 is 1.94 bits per heavy atom. The Bertz CT molecular complexity index is 336. The van der Waals surface area contributed by atoms with Crippen LogP contribution in [0.3, 0.4) is 0 Å². The quantitative estimate of drug-likeness (QED) is 0.824. The summed E-state index contributed by atoms with van der Waals surface area (Å²) in [5.74, 6) is 0.226. The van der Waals surface area contributed by atoms with Crippen molar-refractivity contribution in [3.63, 3.8) is 0 Å². The van der Waals surface area contributed by atoms with Crippen molar-refractivity contribution in [3.05, 3.63) is 35.9 Å². The normalized spacial score (nSPS) is 22.8. The topological polar surface area (TPSA) is 52.3 Å². The molecule has 2 N–H and O–H groups in total. The van der Waals surface area contributed by atoms with E-state index in [-0.39, 0.29) is 18.4 Å². The fraction of sp³-hybridized carbons (Fsp3) is 0.417. The number of hydrogen-bond acceptors (Lipinski definition) is 3. The largest absolute Gasteiger partial charge is 0.462 e. The average molecular weight is 242 g/mol. The van der Waals surface area contributed by atoms with E-state index in [0.29, 0.717) is 24.1 Å². The number of carbonyl (C=O) groups excluding carboxylic acids is 1. The standard InChI is InChI=1S/C12H15NO2.ClH/c13-11-6-9(7-11)8-15-12(14)10-4-2-1-3-5-10;/h1-5,9,11H,6-8,13H2;1H/t9-,11-;. The van der Waals surface area contributed by atoms with Gasteiger partial charge in [-0.1, -0.05) is 18.2 Å². The number of esters is 1. The fourth-order valence-electron chi connectivity index (χ4n) is 1.77. The van der Waals surface area contributed by atoms with Crippen LogP contribution in [-0.4, -0.2) is 18.6 Å². The number of hydrogen-bond donors (Lipinski definition) is 1. The zero-order chi connectivity index (χ0) is 10.7. The van der Waals surface area contributed by atoms with E-state index in [2.05, 4.69) is 0 Å². The third kappa shape index (κ3) is 3.22. The van der Waals surface area contributed by atoms with Crippen molar-refractivity contribution in [2.24, 2.45) is 11.7 Å². The minimum atomic E-state index is -0.240. The van der Waals surface area contributed by atoms with Crippen LogP contribution in [0.5, 0.6) is 0 Å². The van der Waals surface area contributed by atoms with Crippen LogP contribution in [0.15, 0.2) is 30.3 Å². The van der Waals surface area contributed by atoms with Crippen LogP contribution in [-0.2, 0) is 4.74 Å². The molecule has 88 valence electrons. The molecular weight excluding hydrogens is 226 g/mol. The highest BCUT2D eigenvalue weighted by molar-refractivity contribution is 5.89. The molecular formula is C12H16ClNO2. The molecule has 4 heteroatoms. The predicted molar refractivity (Wildman–Crippen MR) is 64.7 cm³/mol. The lowest BCUT2D eigenvalue weighted by atomic mass is 9.82. The zero-order valence-corrected chi connectivity index (χ0v) is 9.78. The molecule has 0 radical (unpaired) electrons. The summed E-state index contributed by atoms with van der Waals surface area (Å²) in [6.07, 6.45) is 1.95. The first-order chi connectivity index (χ1) is 7.25. The first-order valence-electron chi connectivity index (χ1n) is 5.23.